The van der Waals surface area contributed by atoms with Crippen molar-refractivity contribution in [2.75, 3.05) is 4.90 Å². The summed E-state index contributed by atoms with van der Waals surface area (Å²) in [6.45, 7) is 2.12. The molecule has 0 aliphatic heterocycles. The van der Waals surface area contributed by atoms with Crippen LogP contribution in [0.15, 0.2) is 146 Å². The standard InChI is InChI=1S/C35H27N/c1-26-17-19-28(20-18-26)29-21-23-32(24-22-29)36(35-16-8-12-30-11-5-6-15-34(30)35)33-14-7-13-31(25-33)27-9-3-2-4-10-27/h2-25H,1H3. The molecule has 6 rings (SSSR count). The van der Waals surface area contributed by atoms with Gasteiger partial charge in [0.25, 0.3) is 0 Å². The molecule has 0 spiro atoms. The fourth-order valence-corrected chi connectivity index (χ4v) is 4.83. The Morgan fingerprint density at radius 1 is 0.417 bits per heavy atom. The van der Waals surface area contributed by atoms with Gasteiger partial charge in [-0.25, -0.2) is 0 Å². The largest absolute Gasteiger partial charge is 0.310 e. The molecule has 1 nitrogen and oxygen atoms in total. The number of aryl methyl sites for hydroxylation is 1. The molecule has 0 unspecified atom stereocenters. The number of hydrogen-bond acceptors (Lipinski definition) is 1. The predicted molar refractivity (Wildman–Crippen MR) is 154 cm³/mol. The zero-order valence-corrected chi connectivity index (χ0v) is 20.3. The third-order valence-corrected chi connectivity index (χ3v) is 6.73. The Bertz CT molecular complexity index is 1610. The summed E-state index contributed by atoms with van der Waals surface area (Å²) in [7, 11) is 0. The molecule has 36 heavy (non-hydrogen) atoms. The molecule has 172 valence electrons. The first-order valence-electron chi connectivity index (χ1n) is 12.4. The third kappa shape index (κ3) is 4.28. The van der Waals surface area contributed by atoms with Crippen LogP contribution >= 0.6 is 0 Å². The predicted octanol–water partition coefficient (Wildman–Crippen LogP) is 9.95. The minimum absolute atomic E-state index is 1.13. The summed E-state index contributed by atoms with van der Waals surface area (Å²) < 4.78 is 0. The van der Waals surface area contributed by atoms with Crippen LogP contribution in [0.2, 0.25) is 0 Å². The topological polar surface area (TPSA) is 3.24 Å². The summed E-state index contributed by atoms with van der Waals surface area (Å²) in [5.74, 6) is 0. The zero-order chi connectivity index (χ0) is 24.3. The third-order valence-electron chi connectivity index (χ3n) is 6.73. The van der Waals surface area contributed by atoms with Crippen molar-refractivity contribution < 1.29 is 0 Å². The quantitative estimate of drug-likeness (QED) is 0.247. The van der Waals surface area contributed by atoms with E-state index in [0.717, 1.165) is 11.4 Å². The van der Waals surface area contributed by atoms with Gasteiger partial charge >= 0.3 is 0 Å². The van der Waals surface area contributed by atoms with E-state index in [9.17, 15) is 0 Å². The van der Waals surface area contributed by atoms with Gasteiger partial charge in [-0.2, -0.15) is 0 Å². The molecule has 0 fully saturated rings. The number of fused-ring (bicyclic) bond motifs is 1. The van der Waals surface area contributed by atoms with E-state index < -0.39 is 0 Å². The first kappa shape index (κ1) is 21.9. The van der Waals surface area contributed by atoms with Crippen LogP contribution in [0.25, 0.3) is 33.0 Å². The van der Waals surface area contributed by atoms with Crippen LogP contribution in [0.3, 0.4) is 0 Å². The van der Waals surface area contributed by atoms with E-state index >= 15 is 0 Å². The van der Waals surface area contributed by atoms with Gasteiger partial charge in [-0.1, -0.05) is 121 Å². The van der Waals surface area contributed by atoms with Gasteiger partial charge in [-0.05, 0) is 64.9 Å². The van der Waals surface area contributed by atoms with E-state index in [2.05, 4.69) is 157 Å². The minimum Gasteiger partial charge on any atom is -0.310 e. The summed E-state index contributed by atoms with van der Waals surface area (Å²) in [6.07, 6.45) is 0. The maximum absolute atomic E-state index is 2.37. The Morgan fingerprint density at radius 2 is 1.00 bits per heavy atom. The summed E-state index contributed by atoms with van der Waals surface area (Å²) in [5, 5.41) is 2.46. The van der Waals surface area contributed by atoms with Gasteiger partial charge in [-0.15, -0.1) is 0 Å². The normalized spacial score (nSPS) is 10.9. The van der Waals surface area contributed by atoms with Crippen molar-refractivity contribution in [1.29, 1.82) is 0 Å². The van der Waals surface area contributed by atoms with Gasteiger partial charge in [0, 0.05) is 16.8 Å². The Labute approximate surface area is 212 Å². The van der Waals surface area contributed by atoms with Gasteiger partial charge in [0.2, 0.25) is 0 Å². The first-order chi connectivity index (χ1) is 17.8. The van der Waals surface area contributed by atoms with Gasteiger partial charge in [0.15, 0.2) is 0 Å². The summed E-state index contributed by atoms with van der Waals surface area (Å²) >= 11 is 0. The molecule has 0 aliphatic rings. The molecule has 0 amide bonds. The molecular weight excluding hydrogens is 434 g/mol. The molecule has 0 heterocycles. The highest BCUT2D eigenvalue weighted by Gasteiger charge is 2.16. The Morgan fingerprint density at radius 3 is 1.78 bits per heavy atom. The molecule has 0 N–H and O–H groups in total. The SMILES string of the molecule is Cc1ccc(-c2ccc(N(c3cccc(-c4ccccc4)c3)c3cccc4ccccc34)cc2)cc1. The van der Waals surface area contributed by atoms with E-state index in [1.165, 1.54) is 44.3 Å². The zero-order valence-electron chi connectivity index (χ0n) is 20.3. The van der Waals surface area contributed by atoms with Crippen LogP contribution in [0.5, 0.6) is 0 Å². The highest BCUT2D eigenvalue weighted by Crippen LogP contribution is 2.40. The van der Waals surface area contributed by atoms with Gasteiger partial charge in [0.1, 0.15) is 0 Å². The molecule has 6 aromatic rings. The van der Waals surface area contributed by atoms with Crippen molar-refractivity contribution in [2.45, 2.75) is 6.92 Å². The lowest BCUT2D eigenvalue weighted by Crippen LogP contribution is -2.10. The minimum atomic E-state index is 1.13. The molecule has 0 aromatic heterocycles. The van der Waals surface area contributed by atoms with E-state index in [0.29, 0.717) is 0 Å². The maximum Gasteiger partial charge on any atom is 0.0540 e. The van der Waals surface area contributed by atoms with Gasteiger partial charge in [0.05, 0.1) is 5.69 Å². The molecule has 0 atom stereocenters. The van der Waals surface area contributed by atoms with E-state index in [4.69, 9.17) is 0 Å². The van der Waals surface area contributed by atoms with Crippen LogP contribution in [-0.4, -0.2) is 0 Å². The average Bonchev–Trinajstić information content (AvgIpc) is 2.95. The number of benzene rings is 6. The van der Waals surface area contributed by atoms with Crippen LogP contribution < -0.4 is 4.90 Å². The van der Waals surface area contributed by atoms with Crippen molar-refractivity contribution in [3.63, 3.8) is 0 Å². The monoisotopic (exact) mass is 461 g/mol. The molecule has 0 bridgehead atoms. The second kappa shape index (κ2) is 9.56. The van der Waals surface area contributed by atoms with Crippen LogP contribution in [0.1, 0.15) is 5.56 Å². The molecule has 0 saturated carbocycles. The number of anilines is 3. The van der Waals surface area contributed by atoms with Gasteiger partial charge < -0.3 is 4.90 Å². The van der Waals surface area contributed by atoms with E-state index in [1.54, 1.807) is 0 Å². The van der Waals surface area contributed by atoms with E-state index in [-0.39, 0.29) is 0 Å². The summed E-state index contributed by atoms with van der Waals surface area (Å²) in [6, 6.07) is 52.1. The molecular formula is C35H27N. The van der Waals surface area contributed by atoms with Crippen LogP contribution in [0.4, 0.5) is 17.1 Å². The lowest BCUT2D eigenvalue weighted by atomic mass is 10.0. The number of hydrogen-bond donors (Lipinski definition) is 0. The van der Waals surface area contributed by atoms with E-state index in [1.807, 2.05) is 0 Å². The molecule has 0 aliphatic carbocycles. The molecule has 1 heteroatoms. The Balaban J connectivity index is 1.50. The van der Waals surface area contributed by atoms with Crippen molar-refractivity contribution in [1.82, 2.24) is 0 Å². The Kier molecular flexibility index (Phi) is 5.81. The highest BCUT2D eigenvalue weighted by molar-refractivity contribution is 5.99. The number of nitrogens with zero attached hydrogens (tertiary/aromatic N) is 1. The molecule has 0 radical (unpaired) electrons. The number of rotatable bonds is 5. The van der Waals surface area contributed by atoms with Crippen LogP contribution in [0, 0.1) is 6.92 Å². The molecule has 0 saturated heterocycles. The second-order valence-corrected chi connectivity index (χ2v) is 9.16. The maximum atomic E-state index is 2.37. The smallest absolute Gasteiger partial charge is 0.0540 e. The van der Waals surface area contributed by atoms with Crippen molar-refractivity contribution >= 4 is 27.8 Å². The summed E-state index contributed by atoms with van der Waals surface area (Å²) in [4.78, 5) is 2.37. The second-order valence-electron chi connectivity index (χ2n) is 9.16. The average molecular weight is 462 g/mol. The fourth-order valence-electron chi connectivity index (χ4n) is 4.83. The van der Waals surface area contributed by atoms with Gasteiger partial charge in [-0.3, -0.25) is 0 Å². The van der Waals surface area contributed by atoms with Crippen molar-refractivity contribution in [2.24, 2.45) is 0 Å². The van der Waals surface area contributed by atoms with Crippen LogP contribution in [-0.2, 0) is 0 Å². The van der Waals surface area contributed by atoms with Crippen molar-refractivity contribution in [3.05, 3.63) is 151 Å². The fraction of sp³-hybridized carbons (Fsp3) is 0.0286. The lowest BCUT2D eigenvalue weighted by molar-refractivity contribution is 1.30. The molecule has 6 aromatic carbocycles. The first-order valence-corrected chi connectivity index (χ1v) is 12.4. The Hall–Kier alpha value is -4.62. The lowest BCUT2D eigenvalue weighted by Gasteiger charge is -2.27. The van der Waals surface area contributed by atoms with Crippen molar-refractivity contribution in [3.8, 4) is 22.3 Å². The summed E-state index contributed by atoms with van der Waals surface area (Å²) in [5.41, 5.74) is 9.58. The highest BCUT2D eigenvalue weighted by atomic mass is 15.1.